The summed E-state index contributed by atoms with van der Waals surface area (Å²) in [4.78, 5) is 4.58. The molecule has 0 unspecified atom stereocenters. The van der Waals surface area contributed by atoms with Gasteiger partial charge >= 0.3 is 0 Å². The van der Waals surface area contributed by atoms with Crippen molar-refractivity contribution in [1.82, 2.24) is 4.90 Å². The third kappa shape index (κ3) is 3.68. The molecule has 23 heavy (non-hydrogen) atoms. The Morgan fingerprint density at radius 2 is 2.17 bits per heavy atom. The molecule has 5 heteroatoms. The lowest BCUT2D eigenvalue weighted by Gasteiger charge is -2.22. The molecule has 3 rings (SSSR count). The van der Waals surface area contributed by atoms with Crippen LogP contribution in [-0.2, 0) is 6.54 Å². The van der Waals surface area contributed by atoms with E-state index in [1.165, 1.54) is 4.88 Å². The molecule has 4 nitrogen and oxygen atoms in total. The van der Waals surface area contributed by atoms with Gasteiger partial charge in [-0.25, -0.2) is 0 Å². The van der Waals surface area contributed by atoms with Crippen molar-refractivity contribution in [2.75, 3.05) is 19.7 Å². The van der Waals surface area contributed by atoms with Crippen LogP contribution < -0.4 is 4.74 Å². The highest BCUT2D eigenvalue weighted by atomic mass is 32.1. The second kappa shape index (κ2) is 6.91. The van der Waals surface area contributed by atoms with Crippen LogP contribution in [0, 0.1) is 6.92 Å². The van der Waals surface area contributed by atoms with Crippen molar-refractivity contribution in [1.29, 1.82) is 0 Å². The van der Waals surface area contributed by atoms with Gasteiger partial charge in [0.05, 0.1) is 6.10 Å². The first-order valence-electron chi connectivity index (χ1n) is 8.02. The number of phenols is 1. The molecule has 1 atom stereocenters. The summed E-state index contributed by atoms with van der Waals surface area (Å²) in [5, 5.41) is 20.3. The number of phenolic OH excluding ortho intramolecular Hbond substituents is 1. The summed E-state index contributed by atoms with van der Waals surface area (Å²) in [5.41, 5.74) is 1.99. The van der Waals surface area contributed by atoms with Gasteiger partial charge in [-0.3, -0.25) is 4.90 Å². The zero-order valence-corrected chi connectivity index (χ0v) is 14.4. The number of nitrogens with zero attached hydrogens (tertiary/aromatic N) is 1. The molecule has 0 fully saturated rings. The van der Waals surface area contributed by atoms with Crippen molar-refractivity contribution >= 4 is 11.3 Å². The molecule has 0 radical (unpaired) electrons. The lowest BCUT2D eigenvalue weighted by atomic mass is 10.1. The van der Waals surface area contributed by atoms with Crippen LogP contribution in [0.5, 0.6) is 11.5 Å². The molecule has 2 heterocycles. The highest BCUT2D eigenvalue weighted by Crippen LogP contribution is 2.39. The SMILES string of the molecule is CC[C@H](O)CN1CCOc2c(O)cc(-c3ccc(C)s3)cc2C1. The molecule has 1 aliphatic rings. The Labute approximate surface area is 141 Å². The highest BCUT2D eigenvalue weighted by molar-refractivity contribution is 7.15. The molecule has 1 aromatic carbocycles. The molecule has 0 saturated carbocycles. The first kappa shape index (κ1) is 16.3. The van der Waals surface area contributed by atoms with Crippen molar-refractivity contribution in [2.24, 2.45) is 0 Å². The molecule has 1 aliphatic heterocycles. The number of fused-ring (bicyclic) bond motifs is 1. The van der Waals surface area contributed by atoms with Crippen LogP contribution in [0.3, 0.4) is 0 Å². The maximum Gasteiger partial charge on any atom is 0.165 e. The maximum atomic E-state index is 10.4. The normalized spacial score (nSPS) is 16.5. The van der Waals surface area contributed by atoms with Crippen molar-refractivity contribution < 1.29 is 14.9 Å². The standard InChI is InChI=1S/C18H23NO3S/c1-3-15(20)11-19-6-7-22-18-14(10-19)8-13(9-16(18)21)17-5-4-12(2)23-17/h4-5,8-9,15,20-21H,3,6-7,10-11H2,1-2H3/t15-/m0/s1. The van der Waals surface area contributed by atoms with Gasteiger partial charge in [0.2, 0.25) is 0 Å². The molecule has 2 aromatic rings. The Hall–Kier alpha value is -1.56. The van der Waals surface area contributed by atoms with E-state index in [0.717, 1.165) is 29.0 Å². The Morgan fingerprint density at radius 3 is 2.87 bits per heavy atom. The summed E-state index contributed by atoms with van der Waals surface area (Å²) >= 11 is 1.71. The predicted octanol–water partition coefficient (Wildman–Crippen LogP) is 3.39. The second-order valence-electron chi connectivity index (χ2n) is 6.04. The fraction of sp³-hybridized carbons (Fsp3) is 0.444. The third-order valence-corrected chi connectivity index (χ3v) is 5.21. The molecule has 2 N–H and O–H groups in total. The van der Waals surface area contributed by atoms with Crippen LogP contribution >= 0.6 is 11.3 Å². The van der Waals surface area contributed by atoms with Crippen molar-refractivity contribution in [3.05, 3.63) is 34.7 Å². The van der Waals surface area contributed by atoms with Crippen LogP contribution in [0.2, 0.25) is 0 Å². The number of rotatable bonds is 4. The van der Waals surface area contributed by atoms with E-state index in [1.807, 2.05) is 6.92 Å². The zero-order valence-electron chi connectivity index (χ0n) is 13.6. The number of aliphatic hydroxyl groups excluding tert-OH is 1. The van der Waals surface area contributed by atoms with E-state index in [9.17, 15) is 10.2 Å². The van der Waals surface area contributed by atoms with Crippen LogP contribution in [-0.4, -0.2) is 40.9 Å². The summed E-state index contributed by atoms with van der Waals surface area (Å²) < 4.78 is 5.75. The van der Waals surface area contributed by atoms with Crippen molar-refractivity contribution in [3.63, 3.8) is 0 Å². The Morgan fingerprint density at radius 1 is 1.35 bits per heavy atom. The number of ether oxygens (including phenoxy) is 1. The van der Waals surface area contributed by atoms with Gasteiger partial charge in [0.25, 0.3) is 0 Å². The smallest absolute Gasteiger partial charge is 0.165 e. The number of aliphatic hydroxyl groups is 1. The van der Waals surface area contributed by atoms with Crippen molar-refractivity contribution in [2.45, 2.75) is 32.9 Å². The molecular formula is C18H23NO3S. The lowest BCUT2D eigenvalue weighted by Crippen LogP contribution is -2.33. The van der Waals surface area contributed by atoms with Gasteiger partial charge in [-0.1, -0.05) is 6.92 Å². The fourth-order valence-corrected chi connectivity index (χ4v) is 3.72. The van der Waals surface area contributed by atoms with E-state index in [0.29, 0.717) is 25.4 Å². The van der Waals surface area contributed by atoms with E-state index in [2.05, 4.69) is 30.0 Å². The van der Waals surface area contributed by atoms with Gasteiger partial charge < -0.3 is 14.9 Å². The van der Waals surface area contributed by atoms with E-state index < -0.39 is 0 Å². The molecule has 0 aliphatic carbocycles. The summed E-state index contributed by atoms with van der Waals surface area (Å²) in [6.45, 7) is 6.64. The molecule has 124 valence electrons. The molecule has 1 aromatic heterocycles. The average molecular weight is 333 g/mol. The van der Waals surface area contributed by atoms with Crippen LogP contribution in [0.1, 0.15) is 23.8 Å². The fourth-order valence-electron chi connectivity index (χ4n) is 2.87. The zero-order chi connectivity index (χ0) is 16.4. The topological polar surface area (TPSA) is 52.9 Å². The van der Waals surface area contributed by atoms with Gasteiger partial charge in [0.1, 0.15) is 6.61 Å². The van der Waals surface area contributed by atoms with Crippen LogP contribution in [0.15, 0.2) is 24.3 Å². The van der Waals surface area contributed by atoms with E-state index in [1.54, 1.807) is 17.4 Å². The summed E-state index contributed by atoms with van der Waals surface area (Å²) in [6, 6.07) is 8.04. The molecular weight excluding hydrogens is 310 g/mol. The van der Waals surface area contributed by atoms with Crippen LogP contribution in [0.25, 0.3) is 10.4 Å². The molecule has 0 saturated heterocycles. The Balaban J connectivity index is 1.91. The Bertz CT molecular complexity index is 683. The minimum Gasteiger partial charge on any atom is -0.504 e. The predicted molar refractivity (Wildman–Crippen MR) is 93.2 cm³/mol. The van der Waals surface area contributed by atoms with Gasteiger partial charge in [0, 0.05) is 35.0 Å². The first-order valence-corrected chi connectivity index (χ1v) is 8.84. The number of aryl methyl sites for hydroxylation is 1. The molecule has 0 amide bonds. The number of thiophene rings is 1. The van der Waals surface area contributed by atoms with Crippen LogP contribution in [0.4, 0.5) is 0 Å². The summed E-state index contributed by atoms with van der Waals surface area (Å²) in [5.74, 6) is 0.775. The van der Waals surface area contributed by atoms with Gasteiger partial charge in [0.15, 0.2) is 11.5 Å². The number of aromatic hydroxyl groups is 1. The first-order chi connectivity index (χ1) is 11.1. The number of hydrogen-bond donors (Lipinski definition) is 2. The quantitative estimate of drug-likeness (QED) is 0.900. The third-order valence-electron chi connectivity index (χ3n) is 4.16. The summed E-state index contributed by atoms with van der Waals surface area (Å²) in [6.07, 6.45) is 0.414. The largest absolute Gasteiger partial charge is 0.504 e. The number of β-amino-alcohol motifs (C(OH)–C–C–N with tert-alkyl or cyclic N) is 1. The van der Waals surface area contributed by atoms with E-state index in [-0.39, 0.29) is 11.9 Å². The second-order valence-corrected chi connectivity index (χ2v) is 7.33. The van der Waals surface area contributed by atoms with E-state index in [4.69, 9.17) is 4.74 Å². The van der Waals surface area contributed by atoms with Gasteiger partial charge in [-0.2, -0.15) is 0 Å². The van der Waals surface area contributed by atoms with Gasteiger partial charge in [-0.05, 0) is 43.2 Å². The monoisotopic (exact) mass is 333 g/mol. The minimum atomic E-state index is -0.326. The van der Waals surface area contributed by atoms with E-state index >= 15 is 0 Å². The van der Waals surface area contributed by atoms with Gasteiger partial charge in [-0.15, -0.1) is 11.3 Å². The Kier molecular flexibility index (Phi) is 4.90. The minimum absolute atomic E-state index is 0.196. The highest BCUT2D eigenvalue weighted by Gasteiger charge is 2.21. The average Bonchev–Trinajstić information content (AvgIpc) is 2.85. The maximum absolute atomic E-state index is 10.4. The molecule has 0 spiro atoms. The lowest BCUT2D eigenvalue weighted by molar-refractivity contribution is 0.101. The summed E-state index contributed by atoms with van der Waals surface area (Å²) in [7, 11) is 0. The molecule has 0 bridgehead atoms. The number of hydrogen-bond acceptors (Lipinski definition) is 5. The van der Waals surface area contributed by atoms with Crippen molar-refractivity contribution in [3.8, 4) is 21.9 Å². The number of benzene rings is 1.